The summed E-state index contributed by atoms with van der Waals surface area (Å²) in [5, 5.41) is 2.99. The maximum atomic E-state index is 12.1. The molecule has 0 aliphatic carbocycles. The Kier molecular flexibility index (Phi) is 5.89. The van der Waals surface area contributed by atoms with Gasteiger partial charge in [-0.05, 0) is 44.0 Å². The van der Waals surface area contributed by atoms with Crippen molar-refractivity contribution in [3.05, 3.63) is 57.3 Å². The number of rotatable bonds is 5. The van der Waals surface area contributed by atoms with E-state index in [9.17, 15) is 4.79 Å². The summed E-state index contributed by atoms with van der Waals surface area (Å²) in [6, 6.07) is 12.4. The van der Waals surface area contributed by atoms with E-state index in [-0.39, 0.29) is 5.91 Å². The van der Waals surface area contributed by atoms with Crippen LogP contribution >= 0.6 is 11.3 Å². The van der Waals surface area contributed by atoms with E-state index < -0.39 is 0 Å². The van der Waals surface area contributed by atoms with Crippen molar-refractivity contribution in [1.29, 1.82) is 0 Å². The van der Waals surface area contributed by atoms with Gasteiger partial charge in [0, 0.05) is 31.1 Å². The fraction of sp³-hybridized carbons (Fsp3) is 0.450. The van der Waals surface area contributed by atoms with E-state index in [0.29, 0.717) is 18.8 Å². The highest BCUT2D eigenvalue weighted by molar-refractivity contribution is 7.13. The van der Waals surface area contributed by atoms with E-state index in [1.807, 2.05) is 19.1 Å². The van der Waals surface area contributed by atoms with Crippen LogP contribution in [-0.2, 0) is 17.8 Å². The quantitative estimate of drug-likeness (QED) is 0.888. The SMILES string of the molecule is Cc1ccc(C(=O)NCc2ccc(CN3C[C@@H](C)O[C@@H](C)C3)cc2)s1. The molecule has 1 aromatic carbocycles. The predicted octanol–water partition coefficient (Wildman–Crippen LogP) is 3.60. The number of morpholine rings is 1. The van der Waals surface area contributed by atoms with E-state index in [2.05, 4.69) is 48.3 Å². The van der Waals surface area contributed by atoms with Gasteiger partial charge in [-0.1, -0.05) is 24.3 Å². The molecule has 1 amide bonds. The smallest absolute Gasteiger partial charge is 0.261 e. The maximum absolute atomic E-state index is 12.1. The number of aryl methyl sites for hydroxylation is 1. The molecule has 0 spiro atoms. The van der Waals surface area contributed by atoms with Gasteiger partial charge in [0.1, 0.15) is 0 Å². The lowest BCUT2D eigenvalue weighted by Gasteiger charge is -2.35. The van der Waals surface area contributed by atoms with Crippen molar-refractivity contribution in [2.45, 2.75) is 46.1 Å². The summed E-state index contributed by atoms with van der Waals surface area (Å²) in [5.74, 6) is -0.00142. The van der Waals surface area contributed by atoms with Gasteiger partial charge in [-0.2, -0.15) is 0 Å². The molecule has 1 aromatic heterocycles. The van der Waals surface area contributed by atoms with Crippen LogP contribution in [-0.4, -0.2) is 36.1 Å². The Morgan fingerprint density at radius 2 is 1.76 bits per heavy atom. The first-order chi connectivity index (χ1) is 12.0. The van der Waals surface area contributed by atoms with Gasteiger partial charge >= 0.3 is 0 Å². The second-order valence-electron chi connectivity index (χ2n) is 6.86. The lowest BCUT2D eigenvalue weighted by molar-refractivity contribution is -0.0704. The normalized spacial score (nSPS) is 21.2. The molecule has 0 bridgehead atoms. The minimum atomic E-state index is -0.00142. The monoisotopic (exact) mass is 358 g/mol. The lowest BCUT2D eigenvalue weighted by Crippen LogP contribution is -2.44. The Hall–Kier alpha value is -1.69. The first kappa shape index (κ1) is 18.1. The van der Waals surface area contributed by atoms with Crippen LogP contribution in [0.2, 0.25) is 0 Å². The number of hydrogen-bond acceptors (Lipinski definition) is 4. The predicted molar refractivity (Wildman–Crippen MR) is 102 cm³/mol. The number of nitrogens with one attached hydrogen (secondary N) is 1. The van der Waals surface area contributed by atoms with Gasteiger partial charge in [0.05, 0.1) is 17.1 Å². The summed E-state index contributed by atoms with van der Waals surface area (Å²) in [6.45, 7) is 9.72. The Morgan fingerprint density at radius 1 is 1.12 bits per heavy atom. The Bertz CT molecular complexity index is 701. The third kappa shape index (κ3) is 5.14. The summed E-state index contributed by atoms with van der Waals surface area (Å²) in [4.78, 5) is 16.5. The van der Waals surface area contributed by atoms with Crippen LogP contribution in [0.3, 0.4) is 0 Å². The standard InChI is InChI=1S/C20H26N2O2S/c1-14-11-22(12-15(2)24-14)13-18-7-5-17(6-8-18)10-21-20(23)19-9-4-16(3)25-19/h4-9,14-15H,10-13H2,1-3H3,(H,21,23)/t14-,15+. The first-order valence-electron chi connectivity index (χ1n) is 8.80. The van der Waals surface area contributed by atoms with Gasteiger partial charge in [0.25, 0.3) is 5.91 Å². The highest BCUT2D eigenvalue weighted by Crippen LogP contribution is 2.16. The van der Waals surface area contributed by atoms with Crippen LogP contribution in [0.4, 0.5) is 0 Å². The van der Waals surface area contributed by atoms with Crippen LogP contribution in [0.5, 0.6) is 0 Å². The molecule has 2 atom stereocenters. The topological polar surface area (TPSA) is 41.6 Å². The highest BCUT2D eigenvalue weighted by Gasteiger charge is 2.21. The molecule has 5 heteroatoms. The van der Waals surface area contributed by atoms with Crippen LogP contribution in [0.15, 0.2) is 36.4 Å². The van der Waals surface area contributed by atoms with Gasteiger partial charge < -0.3 is 10.1 Å². The van der Waals surface area contributed by atoms with Crippen LogP contribution in [0.1, 0.15) is 39.5 Å². The van der Waals surface area contributed by atoms with Crippen molar-refractivity contribution in [1.82, 2.24) is 10.2 Å². The van der Waals surface area contributed by atoms with E-state index in [1.165, 1.54) is 16.9 Å². The molecular weight excluding hydrogens is 332 g/mol. The third-order valence-corrected chi connectivity index (χ3v) is 5.34. The third-order valence-electron chi connectivity index (χ3n) is 4.34. The van der Waals surface area contributed by atoms with Crippen molar-refractivity contribution in [2.75, 3.05) is 13.1 Å². The van der Waals surface area contributed by atoms with Gasteiger partial charge in [-0.3, -0.25) is 9.69 Å². The number of benzene rings is 1. The molecule has 25 heavy (non-hydrogen) atoms. The number of hydrogen-bond donors (Lipinski definition) is 1. The summed E-state index contributed by atoms with van der Waals surface area (Å²) in [6.07, 6.45) is 0.582. The van der Waals surface area contributed by atoms with Gasteiger partial charge in [-0.15, -0.1) is 11.3 Å². The van der Waals surface area contributed by atoms with Crippen molar-refractivity contribution in [3.8, 4) is 0 Å². The van der Waals surface area contributed by atoms with Crippen molar-refractivity contribution in [2.24, 2.45) is 0 Å². The fourth-order valence-electron chi connectivity index (χ4n) is 3.26. The molecule has 1 aliphatic rings. The molecule has 1 aliphatic heterocycles. The summed E-state index contributed by atoms with van der Waals surface area (Å²) < 4.78 is 5.78. The molecule has 0 saturated carbocycles. The number of nitrogens with zero attached hydrogens (tertiary/aromatic N) is 1. The van der Waals surface area contributed by atoms with Gasteiger partial charge in [-0.25, -0.2) is 0 Å². The van der Waals surface area contributed by atoms with E-state index in [1.54, 1.807) is 0 Å². The Balaban J connectivity index is 1.51. The summed E-state index contributed by atoms with van der Waals surface area (Å²) in [5.41, 5.74) is 2.42. The second kappa shape index (κ2) is 8.13. The highest BCUT2D eigenvalue weighted by atomic mass is 32.1. The number of ether oxygens (including phenoxy) is 1. The number of amides is 1. The van der Waals surface area contributed by atoms with E-state index in [4.69, 9.17) is 4.74 Å². The van der Waals surface area contributed by atoms with Crippen LogP contribution in [0, 0.1) is 6.92 Å². The molecule has 134 valence electrons. The summed E-state index contributed by atoms with van der Waals surface area (Å²) >= 11 is 1.53. The Labute approximate surface area is 153 Å². The molecule has 1 fully saturated rings. The first-order valence-corrected chi connectivity index (χ1v) is 9.61. The van der Waals surface area contributed by atoms with E-state index >= 15 is 0 Å². The fourth-order valence-corrected chi connectivity index (χ4v) is 4.04. The minimum absolute atomic E-state index is 0.00142. The Morgan fingerprint density at radius 3 is 2.36 bits per heavy atom. The van der Waals surface area contributed by atoms with Crippen molar-refractivity contribution in [3.63, 3.8) is 0 Å². The average molecular weight is 359 g/mol. The molecule has 0 unspecified atom stereocenters. The molecule has 2 heterocycles. The zero-order chi connectivity index (χ0) is 17.8. The molecule has 1 saturated heterocycles. The number of carbonyl (C=O) groups excluding carboxylic acids is 1. The lowest BCUT2D eigenvalue weighted by atomic mass is 10.1. The zero-order valence-corrected chi connectivity index (χ0v) is 15.9. The second-order valence-corrected chi connectivity index (χ2v) is 8.15. The zero-order valence-electron chi connectivity index (χ0n) is 15.1. The molecule has 3 rings (SSSR count). The van der Waals surface area contributed by atoms with Crippen LogP contribution in [0.25, 0.3) is 0 Å². The summed E-state index contributed by atoms with van der Waals surface area (Å²) in [7, 11) is 0. The van der Waals surface area contributed by atoms with Crippen molar-refractivity contribution >= 4 is 17.2 Å². The maximum Gasteiger partial charge on any atom is 0.261 e. The van der Waals surface area contributed by atoms with Gasteiger partial charge in [0.15, 0.2) is 0 Å². The largest absolute Gasteiger partial charge is 0.373 e. The molecule has 1 N–H and O–H groups in total. The molecule has 2 aromatic rings. The molecule has 0 radical (unpaired) electrons. The van der Waals surface area contributed by atoms with Gasteiger partial charge in [0.2, 0.25) is 0 Å². The number of thiophene rings is 1. The molecular formula is C20H26N2O2S. The van der Waals surface area contributed by atoms with Crippen molar-refractivity contribution < 1.29 is 9.53 Å². The average Bonchev–Trinajstić information content (AvgIpc) is 2.99. The molecule has 4 nitrogen and oxygen atoms in total. The minimum Gasteiger partial charge on any atom is -0.373 e. The van der Waals surface area contributed by atoms with Crippen LogP contribution < -0.4 is 5.32 Å². The number of carbonyl (C=O) groups is 1. The van der Waals surface area contributed by atoms with E-state index in [0.717, 1.165) is 35.0 Å².